The Balaban J connectivity index is 1.92. The van der Waals surface area contributed by atoms with Crippen molar-refractivity contribution in [2.75, 3.05) is 39.3 Å². The van der Waals surface area contributed by atoms with Crippen molar-refractivity contribution < 1.29 is 29.0 Å². The molecule has 31 heavy (non-hydrogen) atoms. The highest BCUT2D eigenvalue weighted by atomic mass is 16.6. The van der Waals surface area contributed by atoms with Crippen LogP contribution in [0, 0.1) is 11.8 Å². The van der Waals surface area contributed by atoms with E-state index in [1.807, 2.05) is 13.8 Å². The Morgan fingerprint density at radius 3 is 2.48 bits per heavy atom. The van der Waals surface area contributed by atoms with Crippen molar-refractivity contribution in [3.05, 3.63) is 12.4 Å². The van der Waals surface area contributed by atoms with E-state index in [1.54, 1.807) is 0 Å². The van der Waals surface area contributed by atoms with Crippen molar-refractivity contribution >= 4 is 24.0 Å². The van der Waals surface area contributed by atoms with Crippen LogP contribution in [-0.4, -0.2) is 89.2 Å². The first-order chi connectivity index (χ1) is 14.6. The summed E-state index contributed by atoms with van der Waals surface area (Å²) in [5.41, 5.74) is 5.42. The predicted molar refractivity (Wildman–Crippen MR) is 112 cm³/mol. The summed E-state index contributed by atoms with van der Waals surface area (Å²) in [5.74, 6) is -1.92. The zero-order chi connectivity index (χ0) is 23.1. The Morgan fingerprint density at radius 2 is 1.87 bits per heavy atom. The number of carbonyl (C=O) groups excluding carboxylic acids is 3. The quantitative estimate of drug-likeness (QED) is 0.368. The second-order valence-electron chi connectivity index (χ2n) is 8.27. The van der Waals surface area contributed by atoms with Crippen LogP contribution in [0.15, 0.2) is 12.4 Å². The van der Waals surface area contributed by atoms with Crippen LogP contribution in [0.1, 0.15) is 33.1 Å². The molecule has 0 spiro atoms. The zero-order valence-electron chi connectivity index (χ0n) is 18.2. The second kappa shape index (κ2) is 10.9. The van der Waals surface area contributed by atoms with Crippen molar-refractivity contribution in [3.8, 4) is 0 Å². The summed E-state index contributed by atoms with van der Waals surface area (Å²) in [6.07, 6.45) is 0.936. The van der Waals surface area contributed by atoms with Gasteiger partial charge in [-0.25, -0.2) is 19.3 Å². The number of carbonyl (C=O) groups is 4. The molecule has 2 aliphatic rings. The fraction of sp³-hybridized carbons (Fsp3) is 0.700. The van der Waals surface area contributed by atoms with Crippen LogP contribution in [0.2, 0.25) is 0 Å². The molecule has 2 heterocycles. The number of aliphatic carboxylic acids is 1. The summed E-state index contributed by atoms with van der Waals surface area (Å²) in [6, 6.07) is -1.81. The first-order valence-corrected chi connectivity index (χ1v) is 10.6. The Kier molecular flexibility index (Phi) is 8.52. The van der Waals surface area contributed by atoms with E-state index in [1.165, 1.54) is 9.80 Å². The van der Waals surface area contributed by atoms with E-state index in [0.717, 1.165) is 4.90 Å². The van der Waals surface area contributed by atoms with Crippen molar-refractivity contribution in [2.45, 2.75) is 39.2 Å². The normalized spacial score (nSPS) is 21.4. The number of nitrogens with one attached hydrogen (secondary N) is 1. The smallest absolute Gasteiger partial charge is 0.409 e. The number of nitrogens with zero attached hydrogens (tertiary/aromatic N) is 3. The van der Waals surface area contributed by atoms with Crippen LogP contribution in [0.4, 0.5) is 9.59 Å². The average molecular weight is 440 g/mol. The first-order valence-electron chi connectivity index (χ1n) is 10.6. The lowest BCUT2D eigenvalue weighted by atomic mass is 9.84. The van der Waals surface area contributed by atoms with Crippen molar-refractivity contribution in [2.24, 2.45) is 17.6 Å². The number of hydrogen-bond acceptors (Lipinski definition) is 7. The van der Waals surface area contributed by atoms with Gasteiger partial charge in [-0.05, 0) is 25.2 Å². The zero-order valence-corrected chi connectivity index (χ0v) is 18.2. The SMILES string of the molecule is C=C(N)NCCC[C@H]1C(=O)N(C(=O)N2CCCN(C(=O)OCC(C)C)CC2)C1C(=O)O. The number of carboxylic acids is 1. The number of likely N-dealkylation sites (tertiary alicyclic amines) is 1. The van der Waals surface area contributed by atoms with E-state index < -0.39 is 36.0 Å². The number of amides is 4. The standard InChI is InChI=1S/C20H33N5O6/c1-13(2)12-31-20(30)24-9-5-8-23(10-11-24)19(29)25-16(18(27)28)15(17(25)26)6-4-7-22-14(3)21/h13,15-16,22H,3-12,21H2,1-2H3,(H,27,28)/t15-,16?/m1/s1. The van der Waals surface area contributed by atoms with Gasteiger partial charge in [-0.2, -0.15) is 0 Å². The fourth-order valence-corrected chi connectivity index (χ4v) is 3.67. The first kappa shape index (κ1) is 24.3. The summed E-state index contributed by atoms with van der Waals surface area (Å²) in [6.45, 7) is 9.41. The van der Waals surface area contributed by atoms with Gasteiger partial charge in [0.05, 0.1) is 18.3 Å². The molecule has 1 unspecified atom stereocenters. The molecule has 0 aromatic heterocycles. The van der Waals surface area contributed by atoms with Gasteiger partial charge in [0, 0.05) is 32.7 Å². The van der Waals surface area contributed by atoms with Gasteiger partial charge in [-0.1, -0.05) is 20.4 Å². The maximum absolute atomic E-state index is 12.9. The topological polar surface area (TPSA) is 146 Å². The molecule has 0 radical (unpaired) electrons. The van der Waals surface area contributed by atoms with Gasteiger partial charge < -0.3 is 30.7 Å². The van der Waals surface area contributed by atoms with Crippen LogP contribution in [-0.2, 0) is 14.3 Å². The molecule has 2 aliphatic heterocycles. The third kappa shape index (κ3) is 6.25. The van der Waals surface area contributed by atoms with E-state index in [0.29, 0.717) is 51.3 Å². The molecular weight excluding hydrogens is 406 g/mol. The molecule has 4 N–H and O–H groups in total. The van der Waals surface area contributed by atoms with E-state index in [2.05, 4.69) is 11.9 Å². The van der Waals surface area contributed by atoms with Crippen LogP contribution < -0.4 is 11.1 Å². The number of nitrogens with two attached hydrogens (primary N) is 1. The van der Waals surface area contributed by atoms with E-state index in [-0.39, 0.29) is 19.0 Å². The molecule has 0 aromatic rings. The molecule has 174 valence electrons. The summed E-state index contributed by atoms with van der Waals surface area (Å²) < 4.78 is 5.24. The molecule has 4 amide bonds. The molecule has 0 aromatic carbocycles. The van der Waals surface area contributed by atoms with E-state index in [4.69, 9.17) is 10.5 Å². The number of ether oxygens (including phenoxy) is 1. The Morgan fingerprint density at radius 1 is 1.23 bits per heavy atom. The maximum atomic E-state index is 12.9. The van der Waals surface area contributed by atoms with E-state index in [9.17, 15) is 24.3 Å². The van der Waals surface area contributed by atoms with Gasteiger partial charge in [0.2, 0.25) is 5.91 Å². The van der Waals surface area contributed by atoms with Crippen LogP contribution in [0.3, 0.4) is 0 Å². The highest BCUT2D eigenvalue weighted by Crippen LogP contribution is 2.32. The number of imide groups is 1. The Labute approximate surface area is 182 Å². The number of hydrogen-bond donors (Lipinski definition) is 3. The van der Waals surface area contributed by atoms with Gasteiger partial charge in [0.1, 0.15) is 0 Å². The fourth-order valence-electron chi connectivity index (χ4n) is 3.67. The molecule has 11 heteroatoms. The number of rotatable bonds is 8. The summed E-state index contributed by atoms with van der Waals surface area (Å²) in [5, 5.41) is 12.4. The average Bonchev–Trinajstić information content (AvgIpc) is 2.95. The third-order valence-electron chi connectivity index (χ3n) is 5.28. The molecule has 0 bridgehead atoms. The Hall–Kier alpha value is -2.98. The van der Waals surface area contributed by atoms with E-state index >= 15 is 0 Å². The lowest BCUT2D eigenvalue weighted by molar-refractivity contribution is -0.166. The minimum atomic E-state index is -1.21. The lowest BCUT2D eigenvalue weighted by Crippen LogP contribution is -2.68. The number of β-lactam (4-membered cyclic amide) rings is 1. The van der Waals surface area contributed by atoms with Crippen LogP contribution in [0.5, 0.6) is 0 Å². The summed E-state index contributed by atoms with van der Waals surface area (Å²) in [7, 11) is 0. The molecule has 2 saturated heterocycles. The second-order valence-corrected chi connectivity index (χ2v) is 8.27. The maximum Gasteiger partial charge on any atom is 0.409 e. The van der Waals surface area contributed by atoms with Gasteiger partial charge in [0.25, 0.3) is 0 Å². The molecular formula is C20H33N5O6. The Bertz CT molecular complexity index is 712. The molecule has 2 fully saturated rings. The van der Waals surface area contributed by atoms with Crippen LogP contribution >= 0.6 is 0 Å². The predicted octanol–water partition coefficient (Wildman–Crippen LogP) is 0.618. The van der Waals surface area contributed by atoms with Crippen molar-refractivity contribution in [1.29, 1.82) is 0 Å². The minimum Gasteiger partial charge on any atom is -0.480 e. The third-order valence-corrected chi connectivity index (χ3v) is 5.28. The molecule has 2 atom stereocenters. The lowest BCUT2D eigenvalue weighted by Gasteiger charge is -2.44. The van der Waals surface area contributed by atoms with Gasteiger partial charge in [0.15, 0.2) is 6.04 Å². The monoisotopic (exact) mass is 439 g/mol. The number of carboxylic acid groups (broad SMARTS) is 1. The van der Waals surface area contributed by atoms with Gasteiger partial charge in [-0.3, -0.25) is 4.79 Å². The number of urea groups is 1. The largest absolute Gasteiger partial charge is 0.480 e. The molecule has 0 aliphatic carbocycles. The molecule has 2 rings (SSSR count). The highest BCUT2D eigenvalue weighted by molar-refractivity contribution is 6.07. The summed E-state index contributed by atoms with van der Waals surface area (Å²) >= 11 is 0. The molecule has 0 saturated carbocycles. The minimum absolute atomic E-state index is 0.207. The highest BCUT2D eigenvalue weighted by Gasteiger charge is 2.55. The molecule has 11 nitrogen and oxygen atoms in total. The van der Waals surface area contributed by atoms with Gasteiger partial charge in [-0.15, -0.1) is 0 Å². The summed E-state index contributed by atoms with van der Waals surface area (Å²) in [4.78, 5) is 53.2. The van der Waals surface area contributed by atoms with Gasteiger partial charge >= 0.3 is 18.1 Å². The van der Waals surface area contributed by atoms with Crippen molar-refractivity contribution in [3.63, 3.8) is 0 Å². The van der Waals surface area contributed by atoms with Crippen molar-refractivity contribution in [1.82, 2.24) is 20.0 Å². The van der Waals surface area contributed by atoms with Crippen LogP contribution in [0.25, 0.3) is 0 Å².